The van der Waals surface area contributed by atoms with Crippen molar-refractivity contribution < 1.29 is 22.4 Å². The molecule has 162 valence electrons. The van der Waals surface area contributed by atoms with Crippen LogP contribution in [0, 0.1) is 11.7 Å². The number of nitrogens with one attached hydrogen (secondary N) is 4. The van der Waals surface area contributed by atoms with Crippen molar-refractivity contribution in [3.63, 3.8) is 0 Å². The average molecular weight is 429 g/mol. The molecule has 0 atom stereocenters. The van der Waals surface area contributed by atoms with Crippen LogP contribution in [-0.2, 0) is 10.0 Å². The summed E-state index contributed by atoms with van der Waals surface area (Å²) in [5, 5.41) is 2.79. The molecular weight excluding hydrogens is 399 g/mol. The smallest absolute Gasteiger partial charge is 0.333 e. The van der Waals surface area contributed by atoms with Crippen LogP contribution in [0.3, 0.4) is 0 Å². The first-order chi connectivity index (χ1) is 13.5. The topological polar surface area (TPSA) is 116 Å². The number of rotatable bonds is 5. The lowest BCUT2D eigenvalue weighted by atomic mass is 9.86. The molecule has 1 fully saturated rings. The molecule has 0 spiro atoms. The van der Waals surface area contributed by atoms with Gasteiger partial charge < -0.3 is 5.32 Å². The number of sulfonamides is 1. The SMILES string of the molecule is CC(C)(C)S(=O)(=O)NCC1CCC(NC(=O)NNC(=O)c2ccc(F)cc2)CC1. The van der Waals surface area contributed by atoms with E-state index in [-0.39, 0.29) is 17.5 Å². The Hall–Kier alpha value is -2.20. The van der Waals surface area contributed by atoms with Crippen molar-refractivity contribution in [2.45, 2.75) is 57.2 Å². The van der Waals surface area contributed by atoms with Crippen LogP contribution in [0.4, 0.5) is 9.18 Å². The van der Waals surface area contributed by atoms with Gasteiger partial charge in [0.05, 0.1) is 4.75 Å². The Morgan fingerprint density at radius 3 is 2.17 bits per heavy atom. The predicted octanol–water partition coefficient (Wildman–Crippen LogP) is 2.05. The highest BCUT2D eigenvalue weighted by Gasteiger charge is 2.30. The van der Waals surface area contributed by atoms with Gasteiger partial charge in [-0.2, -0.15) is 0 Å². The Bertz CT molecular complexity index is 814. The molecule has 10 heteroatoms. The average Bonchev–Trinajstić information content (AvgIpc) is 2.65. The molecule has 4 N–H and O–H groups in total. The highest BCUT2D eigenvalue weighted by Crippen LogP contribution is 2.24. The van der Waals surface area contributed by atoms with Crippen LogP contribution >= 0.6 is 0 Å². The second kappa shape index (κ2) is 9.53. The molecule has 1 aromatic rings. The lowest BCUT2D eigenvalue weighted by molar-refractivity contribution is 0.0935. The zero-order chi connectivity index (χ0) is 21.7. The Kier molecular flexibility index (Phi) is 7.59. The van der Waals surface area contributed by atoms with Crippen LogP contribution in [0.5, 0.6) is 0 Å². The molecule has 1 aliphatic carbocycles. The maximum absolute atomic E-state index is 12.9. The van der Waals surface area contributed by atoms with Crippen LogP contribution < -0.4 is 20.9 Å². The molecule has 8 nitrogen and oxygen atoms in total. The highest BCUT2D eigenvalue weighted by molar-refractivity contribution is 7.90. The molecule has 1 saturated carbocycles. The van der Waals surface area contributed by atoms with E-state index in [1.807, 2.05) is 0 Å². The van der Waals surface area contributed by atoms with Crippen molar-refractivity contribution in [2.75, 3.05) is 6.54 Å². The fraction of sp³-hybridized carbons (Fsp3) is 0.579. The Labute approximate surface area is 171 Å². The maximum Gasteiger partial charge on any atom is 0.333 e. The Balaban J connectivity index is 1.69. The number of benzene rings is 1. The second-order valence-corrected chi connectivity index (χ2v) is 10.8. The van der Waals surface area contributed by atoms with Gasteiger partial charge in [-0.05, 0) is 76.6 Å². The summed E-state index contributed by atoms with van der Waals surface area (Å²) < 4.78 is 38.9. The summed E-state index contributed by atoms with van der Waals surface area (Å²) in [5.41, 5.74) is 4.77. The number of hydrogen-bond donors (Lipinski definition) is 4. The monoisotopic (exact) mass is 428 g/mol. The van der Waals surface area contributed by atoms with Gasteiger partial charge in [-0.25, -0.2) is 27.8 Å². The van der Waals surface area contributed by atoms with Gasteiger partial charge in [-0.15, -0.1) is 0 Å². The van der Waals surface area contributed by atoms with Crippen molar-refractivity contribution in [3.8, 4) is 0 Å². The summed E-state index contributed by atoms with van der Waals surface area (Å²) in [6.45, 7) is 5.36. The molecule has 0 bridgehead atoms. The van der Waals surface area contributed by atoms with E-state index in [1.54, 1.807) is 20.8 Å². The van der Waals surface area contributed by atoms with E-state index in [9.17, 15) is 22.4 Å². The van der Waals surface area contributed by atoms with Crippen molar-refractivity contribution >= 4 is 22.0 Å². The van der Waals surface area contributed by atoms with Gasteiger partial charge in [-0.3, -0.25) is 10.2 Å². The van der Waals surface area contributed by atoms with Gasteiger partial charge in [0.15, 0.2) is 0 Å². The summed E-state index contributed by atoms with van der Waals surface area (Å²) in [6.07, 6.45) is 3.03. The van der Waals surface area contributed by atoms with Crippen LogP contribution in [-0.4, -0.2) is 37.7 Å². The van der Waals surface area contributed by atoms with E-state index in [0.717, 1.165) is 37.8 Å². The third-order valence-corrected chi connectivity index (χ3v) is 7.11. The van der Waals surface area contributed by atoms with E-state index in [1.165, 1.54) is 12.1 Å². The van der Waals surface area contributed by atoms with Gasteiger partial charge >= 0.3 is 6.03 Å². The van der Waals surface area contributed by atoms with Crippen LogP contribution in [0.25, 0.3) is 0 Å². The minimum Gasteiger partial charge on any atom is -0.334 e. The van der Waals surface area contributed by atoms with E-state index >= 15 is 0 Å². The van der Waals surface area contributed by atoms with Gasteiger partial charge in [0.25, 0.3) is 5.91 Å². The van der Waals surface area contributed by atoms with Crippen molar-refractivity contribution in [3.05, 3.63) is 35.6 Å². The van der Waals surface area contributed by atoms with Crippen molar-refractivity contribution in [1.29, 1.82) is 0 Å². The first kappa shape index (κ1) is 23.1. The Morgan fingerprint density at radius 1 is 1.03 bits per heavy atom. The number of carbonyl (C=O) groups is 2. The zero-order valence-corrected chi connectivity index (χ0v) is 17.7. The normalized spacial score (nSPS) is 20.0. The summed E-state index contributed by atoms with van der Waals surface area (Å²) in [6, 6.07) is 4.38. The van der Waals surface area contributed by atoms with Crippen LogP contribution in [0.1, 0.15) is 56.8 Å². The van der Waals surface area contributed by atoms with Gasteiger partial charge in [-0.1, -0.05) is 0 Å². The number of urea groups is 1. The van der Waals surface area contributed by atoms with E-state index in [0.29, 0.717) is 6.54 Å². The first-order valence-electron chi connectivity index (χ1n) is 9.59. The molecule has 0 aliphatic heterocycles. The van der Waals surface area contributed by atoms with Crippen molar-refractivity contribution in [2.24, 2.45) is 5.92 Å². The van der Waals surface area contributed by atoms with Gasteiger partial charge in [0.1, 0.15) is 5.82 Å². The lowest BCUT2D eigenvalue weighted by Gasteiger charge is -2.30. The molecule has 0 radical (unpaired) electrons. The minimum atomic E-state index is -3.36. The lowest BCUT2D eigenvalue weighted by Crippen LogP contribution is -2.50. The fourth-order valence-corrected chi connectivity index (χ4v) is 3.85. The second-order valence-electron chi connectivity index (χ2n) is 8.24. The zero-order valence-electron chi connectivity index (χ0n) is 16.9. The minimum absolute atomic E-state index is 0.0480. The highest BCUT2D eigenvalue weighted by atomic mass is 32.2. The molecule has 1 aromatic carbocycles. The largest absolute Gasteiger partial charge is 0.334 e. The molecule has 0 aromatic heterocycles. The van der Waals surface area contributed by atoms with Crippen LogP contribution in [0.2, 0.25) is 0 Å². The van der Waals surface area contributed by atoms with Crippen molar-refractivity contribution in [1.82, 2.24) is 20.9 Å². The maximum atomic E-state index is 12.9. The quantitative estimate of drug-likeness (QED) is 0.537. The summed E-state index contributed by atoms with van der Waals surface area (Å²) in [7, 11) is -3.36. The molecule has 0 unspecified atom stereocenters. The number of hydrazine groups is 1. The first-order valence-corrected chi connectivity index (χ1v) is 11.1. The third-order valence-electron chi connectivity index (χ3n) is 4.95. The van der Waals surface area contributed by atoms with Gasteiger partial charge in [0, 0.05) is 18.2 Å². The number of halogens is 1. The summed E-state index contributed by atoms with van der Waals surface area (Å²) >= 11 is 0. The Morgan fingerprint density at radius 2 is 1.62 bits per heavy atom. The predicted molar refractivity (Wildman–Crippen MR) is 108 cm³/mol. The number of hydrogen-bond acceptors (Lipinski definition) is 4. The van der Waals surface area contributed by atoms with Crippen LogP contribution in [0.15, 0.2) is 24.3 Å². The molecule has 29 heavy (non-hydrogen) atoms. The summed E-state index contributed by atoms with van der Waals surface area (Å²) in [5.74, 6) is -0.768. The molecular formula is C19H29FN4O4S. The molecule has 3 amide bonds. The van der Waals surface area contributed by atoms with E-state index < -0.39 is 32.5 Å². The fourth-order valence-electron chi connectivity index (χ4n) is 2.96. The third kappa shape index (κ3) is 6.97. The number of amides is 3. The molecule has 0 heterocycles. The number of carbonyl (C=O) groups excluding carboxylic acids is 2. The molecule has 1 aliphatic rings. The summed E-state index contributed by atoms with van der Waals surface area (Å²) in [4.78, 5) is 23.8. The van der Waals surface area contributed by atoms with Gasteiger partial charge in [0.2, 0.25) is 10.0 Å². The molecule has 0 saturated heterocycles. The van der Waals surface area contributed by atoms with E-state index in [4.69, 9.17) is 0 Å². The van der Waals surface area contributed by atoms with E-state index in [2.05, 4.69) is 20.9 Å². The molecule has 2 rings (SSSR count). The standard InChI is InChI=1S/C19H29FN4O4S/c1-19(2,3)29(27,28)21-12-13-4-10-16(11-5-13)22-18(26)24-23-17(25)14-6-8-15(20)9-7-14/h6-9,13,16,21H,4-5,10-12H2,1-3H3,(H,23,25)(H2,22,24,26).